The third kappa shape index (κ3) is 6.95. The van der Waals surface area contributed by atoms with Gasteiger partial charge in [0.2, 0.25) is 0 Å². The predicted molar refractivity (Wildman–Crippen MR) is 139 cm³/mol. The van der Waals surface area contributed by atoms with E-state index in [2.05, 4.69) is 13.0 Å². The van der Waals surface area contributed by atoms with E-state index in [1.54, 1.807) is 40.4 Å². The van der Waals surface area contributed by atoms with Gasteiger partial charge in [0.1, 0.15) is 17.3 Å². The van der Waals surface area contributed by atoms with E-state index in [-0.39, 0.29) is 17.6 Å². The van der Waals surface area contributed by atoms with Crippen LogP contribution < -0.4 is 0 Å². The van der Waals surface area contributed by atoms with Crippen LogP contribution in [-0.2, 0) is 18.9 Å². The molecule has 0 amide bonds. The fourth-order valence-corrected chi connectivity index (χ4v) is 4.17. The Morgan fingerprint density at radius 3 is 2.23 bits per heavy atom. The molecule has 192 valence electrons. The number of aliphatic hydroxyl groups excluding tert-OH is 1. The molecule has 1 aromatic rings. The molecule has 6 heteroatoms. The Kier molecular flexibility index (Phi) is 10.5. The number of methoxy groups -OCH3 is 3. The zero-order chi connectivity index (χ0) is 26.1. The molecule has 0 aromatic heterocycles. The topological polar surface area (TPSA) is 77.4 Å². The summed E-state index contributed by atoms with van der Waals surface area (Å²) in [4.78, 5) is 0. The largest absolute Gasteiger partial charge is 0.508 e. The predicted octanol–water partition coefficient (Wildman–Crippen LogP) is 6.11. The number of ether oxygens (including phenoxy) is 4. The molecule has 35 heavy (non-hydrogen) atoms. The van der Waals surface area contributed by atoms with Gasteiger partial charge in [0.25, 0.3) is 0 Å². The zero-order valence-electron chi connectivity index (χ0n) is 22.2. The summed E-state index contributed by atoms with van der Waals surface area (Å²) in [5.41, 5.74) is 3.78. The van der Waals surface area contributed by atoms with Gasteiger partial charge in [-0.2, -0.15) is 0 Å². The highest BCUT2D eigenvalue weighted by atomic mass is 16.5. The van der Waals surface area contributed by atoms with Gasteiger partial charge in [0.05, 0.1) is 39.8 Å². The molecule has 0 saturated carbocycles. The van der Waals surface area contributed by atoms with E-state index in [1.807, 2.05) is 45.1 Å². The minimum absolute atomic E-state index is 0.0962. The summed E-state index contributed by atoms with van der Waals surface area (Å²) in [7, 11) is 4.86. The highest BCUT2D eigenvalue weighted by Crippen LogP contribution is 2.46. The molecule has 1 fully saturated rings. The Morgan fingerprint density at radius 2 is 1.71 bits per heavy atom. The maximum atomic E-state index is 10.3. The first-order chi connectivity index (χ1) is 16.7. The van der Waals surface area contributed by atoms with Gasteiger partial charge in [-0.3, -0.25) is 0 Å². The third-order valence-corrected chi connectivity index (χ3v) is 6.36. The molecule has 3 atom stereocenters. The summed E-state index contributed by atoms with van der Waals surface area (Å²) in [6.45, 7) is 9.86. The molecule has 3 unspecified atom stereocenters. The van der Waals surface area contributed by atoms with Crippen molar-refractivity contribution in [3.63, 3.8) is 0 Å². The molecule has 1 aromatic carbocycles. The van der Waals surface area contributed by atoms with Crippen molar-refractivity contribution in [2.24, 2.45) is 5.92 Å². The average molecular weight is 485 g/mol. The summed E-state index contributed by atoms with van der Waals surface area (Å²) in [5.74, 6) is 2.73. The Balaban J connectivity index is 2.84. The van der Waals surface area contributed by atoms with Gasteiger partial charge >= 0.3 is 0 Å². The molecule has 1 aliphatic rings. The number of rotatable bonds is 9. The molecule has 1 saturated heterocycles. The van der Waals surface area contributed by atoms with Gasteiger partial charge in [-0.05, 0) is 80.7 Å². The van der Waals surface area contributed by atoms with Crippen LogP contribution in [0, 0.1) is 5.92 Å². The normalized spacial score (nSPS) is 23.3. The smallest absolute Gasteiger partial charge is 0.156 e. The molecule has 1 heterocycles. The molecule has 0 spiro atoms. The molecule has 2 rings (SSSR count). The number of hydrogen-bond donors (Lipinski definition) is 2. The van der Waals surface area contributed by atoms with Crippen LogP contribution >= 0.6 is 0 Å². The SMILES string of the molecule is CC/C=C1\C(=C(\C)C(C)O)OCC(C(=C/C(OC)=C(\C)OC)/C=C(\C)OC)C1c1ccc(O)cc1. The standard InChI is InChI=1S/C29H40O6/c1-9-10-25-28(22-11-13-24(31)14-12-22)26(17-35-29(25)19(3)20(4)30)23(15-18(2)32-6)16-27(34-8)21(5)33-7/h10-16,20,26,28,30-31H,9,17H2,1-8H3/b18-15+,23-16+,25-10-,27-21-,29-19+. The minimum atomic E-state index is -0.639. The van der Waals surface area contributed by atoms with Crippen LogP contribution in [0.4, 0.5) is 0 Å². The van der Waals surface area contributed by atoms with E-state index >= 15 is 0 Å². The zero-order valence-corrected chi connectivity index (χ0v) is 22.2. The molecule has 2 N–H and O–H groups in total. The highest BCUT2D eigenvalue weighted by Gasteiger charge is 2.37. The van der Waals surface area contributed by atoms with Crippen molar-refractivity contribution >= 4 is 0 Å². The monoisotopic (exact) mass is 484 g/mol. The summed E-state index contributed by atoms with van der Waals surface area (Å²) < 4.78 is 22.9. The van der Waals surface area contributed by atoms with E-state index in [0.717, 1.165) is 40.2 Å². The number of aliphatic hydroxyl groups is 1. The van der Waals surface area contributed by atoms with Crippen molar-refractivity contribution in [1.29, 1.82) is 0 Å². The van der Waals surface area contributed by atoms with Crippen molar-refractivity contribution < 1.29 is 29.2 Å². The Hall–Kier alpha value is -3.12. The van der Waals surface area contributed by atoms with Crippen LogP contribution in [0.3, 0.4) is 0 Å². The van der Waals surface area contributed by atoms with Crippen molar-refractivity contribution in [2.75, 3.05) is 27.9 Å². The van der Waals surface area contributed by atoms with E-state index < -0.39 is 6.10 Å². The van der Waals surface area contributed by atoms with Crippen molar-refractivity contribution in [2.45, 2.75) is 53.1 Å². The number of phenols is 1. The van der Waals surface area contributed by atoms with Crippen LogP contribution in [0.5, 0.6) is 5.75 Å². The van der Waals surface area contributed by atoms with E-state index in [4.69, 9.17) is 18.9 Å². The first kappa shape index (κ1) is 28.1. The lowest BCUT2D eigenvalue weighted by Crippen LogP contribution is -2.30. The number of allylic oxidation sites excluding steroid dienone is 6. The van der Waals surface area contributed by atoms with Gasteiger partial charge in [0.15, 0.2) is 5.76 Å². The lowest BCUT2D eigenvalue weighted by Gasteiger charge is -2.38. The number of aromatic hydroxyl groups is 1. The van der Waals surface area contributed by atoms with Crippen LogP contribution in [0.1, 0.15) is 52.5 Å². The summed E-state index contributed by atoms with van der Waals surface area (Å²) in [6.07, 6.45) is 6.27. The van der Waals surface area contributed by atoms with Crippen LogP contribution in [0.25, 0.3) is 0 Å². The van der Waals surface area contributed by atoms with Crippen molar-refractivity contribution in [3.05, 3.63) is 87.8 Å². The summed E-state index contributed by atoms with van der Waals surface area (Å²) >= 11 is 0. The minimum Gasteiger partial charge on any atom is -0.508 e. The molecule has 0 bridgehead atoms. The van der Waals surface area contributed by atoms with E-state index in [9.17, 15) is 10.2 Å². The van der Waals surface area contributed by atoms with Crippen molar-refractivity contribution in [3.8, 4) is 5.75 Å². The molecular weight excluding hydrogens is 444 g/mol. The maximum absolute atomic E-state index is 10.3. The average Bonchev–Trinajstić information content (AvgIpc) is 2.85. The fraction of sp³-hybridized carbons (Fsp3) is 0.448. The van der Waals surface area contributed by atoms with Gasteiger partial charge in [-0.25, -0.2) is 0 Å². The van der Waals surface area contributed by atoms with Gasteiger partial charge in [-0.15, -0.1) is 0 Å². The number of benzene rings is 1. The van der Waals surface area contributed by atoms with Gasteiger partial charge < -0.3 is 29.2 Å². The van der Waals surface area contributed by atoms with Crippen LogP contribution in [0.15, 0.2) is 82.2 Å². The van der Waals surface area contributed by atoms with Crippen LogP contribution in [-0.4, -0.2) is 44.3 Å². The summed E-state index contributed by atoms with van der Waals surface area (Å²) in [5, 5.41) is 20.3. The van der Waals surface area contributed by atoms with E-state index in [1.165, 1.54) is 0 Å². The third-order valence-electron chi connectivity index (χ3n) is 6.36. The fourth-order valence-electron chi connectivity index (χ4n) is 4.17. The second-order valence-electron chi connectivity index (χ2n) is 8.67. The summed E-state index contributed by atoms with van der Waals surface area (Å²) in [6, 6.07) is 7.28. The molecule has 1 aliphatic heterocycles. The molecule has 6 nitrogen and oxygen atoms in total. The second-order valence-corrected chi connectivity index (χ2v) is 8.67. The van der Waals surface area contributed by atoms with Crippen LogP contribution in [0.2, 0.25) is 0 Å². The quantitative estimate of drug-likeness (QED) is 0.325. The Morgan fingerprint density at radius 1 is 1.06 bits per heavy atom. The Labute approximate surface area is 209 Å². The molecule has 0 radical (unpaired) electrons. The second kappa shape index (κ2) is 13.1. The highest BCUT2D eigenvalue weighted by molar-refractivity contribution is 5.48. The first-order valence-electron chi connectivity index (χ1n) is 11.9. The number of phenolic OH excluding ortho intramolecular Hbond substituents is 1. The Bertz CT molecular complexity index is 1010. The van der Waals surface area contributed by atoms with Crippen molar-refractivity contribution in [1.82, 2.24) is 0 Å². The number of hydrogen-bond acceptors (Lipinski definition) is 6. The van der Waals surface area contributed by atoms with Gasteiger partial charge in [0, 0.05) is 11.8 Å². The van der Waals surface area contributed by atoms with Gasteiger partial charge in [-0.1, -0.05) is 25.1 Å². The van der Waals surface area contributed by atoms with E-state index in [0.29, 0.717) is 18.1 Å². The molecule has 0 aliphatic carbocycles. The maximum Gasteiger partial charge on any atom is 0.156 e. The first-order valence-corrected chi connectivity index (χ1v) is 11.9. The molecular formula is C29H40O6. The lowest BCUT2D eigenvalue weighted by atomic mass is 9.73. The lowest BCUT2D eigenvalue weighted by molar-refractivity contribution is 0.134.